The van der Waals surface area contributed by atoms with E-state index in [1.807, 2.05) is 24.3 Å². The molecule has 1 aromatic carbocycles. The number of carbonyl (C=O) groups excluding carboxylic acids is 1. The van der Waals surface area contributed by atoms with Gasteiger partial charge in [0.25, 0.3) is 5.91 Å². The van der Waals surface area contributed by atoms with Crippen LogP contribution in [0.3, 0.4) is 0 Å². The number of nitrogens with one attached hydrogen (secondary N) is 2. The molecular weight excluding hydrogens is 242 g/mol. The van der Waals surface area contributed by atoms with E-state index in [0.29, 0.717) is 12.2 Å². The Balaban J connectivity index is 1.70. The van der Waals surface area contributed by atoms with E-state index < -0.39 is 0 Å². The average molecular weight is 259 g/mol. The standard InChI is InChI=1S/C14H17N3O2/c18-12-7-3-4-9(12)8-15-14(19)13-10-5-1-2-6-11(10)16-17-13/h1-2,5-6,9,12,18H,3-4,7-8H2,(H,15,19)(H,16,17). The number of benzene rings is 1. The van der Waals surface area contributed by atoms with Crippen molar-refractivity contribution < 1.29 is 9.90 Å². The first-order chi connectivity index (χ1) is 9.25. The van der Waals surface area contributed by atoms with Gasteiger partial charge in [-0.05, 0) is 18.9 Å². The predicted octanol–water partition coefficient (Wildman–Crippen LogP) is 1.45. The monoisotopic (exact) mass is 259 g/mol. The lowest BCUT2D eigenvalue weighted by Gasteiger charge is -2.14. The summed E-state index contributed by atoms with van der Waals surface area (Å²) in [5, 5.41) is 20.3. The van der Waals surface area contributed by atoms with Crippen molar-refractivity contribution in [3.05, 3.63) is 30.0 Å². The Labute approximate surface area is 111 Å². The lowest BCUT2D eigenvalue weighted by Crippen LogP contribution is -2.32. The molecule has 1 aliphatic carbocycles. The van der Waals surface area contributed by atoms with E-state index in [0.717, 1.165) is 30.2 Å². The van der Waals surface area contributed by atoms with Crippen LogP contribution in [0.2, 0.25) is 0 Å². The van der Waals surface area contributed by atoms with Gasteiger partial charge in [-0.2, -0.15) is 5.10 Å². The number of aromatic amines is 1. The van der Waals surface area contributed by atoms with E-state index in [9.17, 15) is 9.90 Å². The third kappa shape index (κ3) is 2.33. The van der Waals surface area contributed by atoms with Crippen LogP contribution >= 0.6 is 0 Å². The second-order valence-electron chi connectivity index (χ2n) is 5.09. The van der Waals surface area contributed by atoms with Gasteiger partial charge in [0.05, 0.1) is 11.6 Å². The number of aromatic nitrogens is 2. The number of aliphatic hydroxyl groups is 1. The highest BCUT2D eigenvalue weighted by molar-refractivity contribution is 6.04. The minimum Gasteiger partial charge on any atom is -0.393 e. The molecule has 100 valence electrons. The zero-order chi connectivity index (χ0) is 13.2. The molecule has 0 saturated heterocycles. The summed E-state index contributed by atoms with van der Waals surface area (Å²) in [6.45, 7) is 0.515. The van der Waals surface area contributed by atoms with Gasteiger partial charge in [0.15, 0.2) is 5.69 Å². The first-order valence-corrected chi connectivity index (χ1v) is 6.65. The number of fused-ring (bicyclic) bond motifs is 1. The molecule has 0 aliphatic heterocycles. The summed E-state index contributed by atoms with van der Waals surface area (Å²) in [6.07, 6.45) is 2.57. The third-order valence-corrected chi connectivity index (χ3v) is 3.83. The van der Waals surface area contributed by atoms with Crippen LogP contribution in [0.4, 0.5) is 0 Å². The van der Waals surface area contributed by atoms with Crippen molar-refractivity contribution in [2.24, 2.45) is 5.92 Å². The van der Waals surface area contributed by atoms with Crippen molar-refractivity contribution in [3.63, 3.8) is 0 Å². The molecule has 0 spiro atoms. The second-order valence-corrected chi connectivity index (χ2v) is 5.09. The highest BCUT2D eigenvalue weighted by Gasteiger charge is 2.26. The highest BCUT2D eigenvalue weighted by Crippen LogP contribution is 2.24. The van der Waals surface area contributed by atoms with Gasteiger partial charge in [0.1, 0.15) is 0 Å². The van der Waals surface area contributed by atoms with Crippen LogP contribution in [0, 0.1) is 5.92 Å². The molecule has 3 N–H and O–H groups in total. The van der Waals surface area contributed by atoms with Crippen molar-refractivity contribution in [1.82, 2.24) is 15.5 Å². The van der Waals surface area contributed by atoms with Gasteiger partial charge in [-0.3, -0.25) is 9.89 Å². The molecule has 1 heterocycles. The number of para-hydroxylation sites is 1. The summed E-state index contributed by atoms with van der Waals surface area (Å²) < 4.78 is 0. The number of H-pyrrole nitrogens is 1. The Morgan fingerprint density at radius 3 is 3.05 bits per heavy atom. The molecule has 1 aromatic heterocycles. The van der Waals surface area contributed by atoms with E-state index in [-0.39, 0.29) is 17.9 Å². The molecule has 3 rings (SSSR count). The van der Waals surface area contributed by atoms with Crippen LogP contribution in [0.5, 0.6) is 0 Å². The van der Waals surface area contributed by atoms with Crippen LogP contribution in [-0.4, -0.2) is 33.9 Å². The van der Waals surface area contributed by atoms with Gasteiger partial charge in [-0.1, -0.05) is 24.6 Å². The summed E-state index contributed by atoms with van der Waals surface area (Å²) >= 11 is 0. The third-order valence-electron chi connectivity index (χ3n) is 3.83. The average Bonchev–Trinajstić information content (AvgIpc) is 3.02. The van der Waals surface area contributed by atoms with Crippen molar-refractivity contribution in [3.8, 4) is 0 Å². The molecule has 1 fully saturated rings. The molecule has 2 atom stereocenters. The molecule has 1 amide bonds. The number of hydrogen-bond acceptors (Lipinski definition) is 3. The van der Waals surface area contributed by atoms with Gasteiger partial charge >= 0.3 is 0 Å². The Bertz CT molecular complexity index is 593. The fourth-order valence-corrected chi connectivity index (χ4v) is 2.70. The van der Waals surface area contributed by atoms with Crippen molar-refractivity contribution >= 4 is 16.8 Å². The van der Waals surface area contributed by atoms with Gasteiger partial charge in [-0.25, -0.2) is 0 Å². The van der Waals surface area contributed by atoms with Gasteiger partial charge in [0.2, 0.25) is 0 Å². The summed E-state index contributed by atoms with van der Waals surface area (Å²) in [5.74, 6) is -0.00861. The van der Waals surface area contributed by atoms with Crippen molar-refractivity contribution in [2.75, 3.05) is 6.54 Å². The molecule has 0 radical (unpaired) electrons. The maximum absolute atomic E-state index is 12.1. The van der Waals surface area contributed by atoms with Gasteiger partial charge in [0, 0.05) is 17.8 Å². The summed E-state index contributed by atoms with van der Waals surface area (Å²) in [7, 11) is 0. The maximum Gasteiger partial charge on any atom is 0.272 e. The Kier molecular flexibility index (Phi) is 3.21. The molecule has 5 nitrogen and oxygen atoms in total. The van der Waals surface area contributed by atoms with Crippen LogP contribution < -0.4 is 5.32 Å². The van der Waals surface area contributed by atoms with E-state index >= 15 is 0 Å². The first-order valence-electron chi connectivity index (χ1n) is 6.65. The molecule has 5 heteroatoms. The molecule has 1 saturated carbocycles. The van der Waals surface area contributed by atoms with Crippen LogP contribution in [0.25, 0.3) is 10.9 Å². The zero-order valence-corrected chi connectivity index (χ0v) is 10.6. The molecule has 2 unspecified atom stereocenters. The van der Waals surface area contributed by atoms with Crippen LogP contribution in [0.1, 0.15) is 29.8 Å². The fraction of sp³-hybridized carbons (Fsp3) is 0.429. The second kappa shape index (κ2) is 5.01. The lowest BCUT2D eigenvalue weighted by atomic mass is 10.1. The molecule has 19 heavy (non-hydrogen) atoms. The molecular formula is C14H17N3O2. The highest BCUT2D eigenvalue weighted by atomic mass is 16.3. The van der Waals surface area contributed by atoms with E-state index in [4.69, 9.17) is 0 Å². The van der Waals surface area contributed by atoms with Gasteiger partial charge < -0.3 is 10.4 Å². The fourth-order valence-electron chi connectivity index (χ4n) is 2.70. The minimum absolute atomic E-state index is 0.175. The van der Waals surface area contributed by atoms with E-state index in [1.54, 1.807) is 0 Å². The van der Waals surface area contributed by atoms with Crippen LogP contribution in [-0.2, 0) is 0 Å². The number of carbonyl (C=O) groups is 1. The molecule has 2 aromatic rings. The first kappa shape index (κ1) is 12.2. The van der Waals surface area contributed by atoms with Crippen LogP contribution in [0.15, 0.2) is 24.3 Å². The predicted molar refractivity (Wildman–Crippen MR) is 71.8 cm³/mol. The number of rotatable bonds is 3. The molecule has 1 aliphatic rings. The zero-order valence-electron chi connectivity index (χ0n) is 10.6. The Morgan fingerprint density at radius 1 is 1.42 bits per heavy atom. The summed E-state index contributed by atoms with van der Waals surface area (Å²) in [5.41, 5.74) is 1.27. The maximum atomic E-state index is 12.1. The van der Waals surface area contributed by atoms with Crippen molar-refractivity contribution in [1.29, 1.82) is 0 Å². The summed E-state index contributed by atoms with van der Waals surface area (Å²) in [6, 6.07) is 7.55. The smallest absolute Gasteiger partial charge is 0.272 e. The summed E-state index contributed by atoms with van der Waals surface area (Å²) in [4.78, 5) is 12.1. The van der Waals surface area contributed by atoms with E-state index in [1.165, 1.54) is 0 Å². The Morgan fingerprint density at radius 2 is 2.26 bits per heavy atom. The SMILES string of the molecule is O=C(NCC1CCCC1O)c1n[nH]c2ccccc12. The van der Waals surface area contributed by atoms with Gasteiger partial charge in [-0.15, -0.1) is 0 Å². The largest absolute Gasteiger partial charge is 0.393 e. The number of hydrogen-bond donors (Lipinski definition) is 3. The van der Waals surface area contributed by atoms with Crippen molar-refractivity contribution in [2.45, 2.75) is 25.4 Å². The Hall–Kier alpha value is -1.88. The minimum atomic E-state index is -0.281. The topological polar surface area (TPSA) is 78.0 Å². The number of amides is 1. The quantitative estimate of drug-likeness (QED) is 0.780. The molecule has 0 bridgehead atoms. The van der Waals surface area contributed by atoms with E-state index in [2.05, 4.69) is 15.5 Å². The number of nitrogens with zero attached hydrogens (tertiary/aromatic N) is 1. The lowest BCUT2D eigenvalue weighted by molar-refractivity contribution is 0.0913. The number of aliphatic hydroxyl groups excluding tert-OH is 1. The normalized spacial score (nSPS) is 22.8.